The van der Waals surface area contributed by atoms with Crippen LogP contribution in [0.4, 0.5) is 13.2 Å². The third kappa shape index (κ3) is 9.80. The Balaban J connectivity index is 2.23. The second-order valence-electron chi connectivity index (χ2n) is 16.6. The first kappa shape index (κ1) is 41.7. The normalized spacial score (nSPS) is 26.0. The fourth-order valence-corrected chi connectivity index (χ4v) is 9.11. The highest BCUT2D eigenvalue weighted by Gasteiger charge is 2.59. The number of halogens is 3. The first-order valence-electron chi connectivity index (χ1n) is 16.6. The number of ether oxygens (including phenoxy) is 3. The summed E-state index contributed by atoms with van der Waals surface area (Å²) in [6.45, 7) is 20.9. The topological polar surface area (TPSA) is 133 Å². The van der Waals surface area contributed by atoms with E-state index in [2.05, 4.69) is 67.7 Å². The van der Waals surface area contributed by atoms with Crippen LogP contribution in [0.15, 0.2) is 18.2 Å². The first-order valence-corrected chi connectivity index (χ1v) is 23.9. The van der Waals surface area contributed by atoms with E-state index in [4.69, 9.17) is 32.4 Å². The predicted octanol–water partition coefficient (Wildman–Crippen LogP) is 7.17. The lowest BCUT2D eigenvalue weighted by Crippen LogP contribution is -2.53. The summed E-state index contributed by atoms with van der Waals surface area (Å²) in [5.41, 5.74) is 0.853. The molecule has 2 saturated carbocycles. The molecule has 16 heteroatoms. The number of benzene rings is 1. The fourth-order valence-electron chi connectivity index (χ4n) is 6.69. The molecular weight excluding hydrogens is 700 g/mol. The average molecular weight is 756 g/mol. The summed E-state index contributed by atoms with van der Waals surface area (Å²) in [4.78, 5) is 12.3. The Morgan fingerprint density at radius 3 is 1.98 bits per heavy atom. The number of carbonyl (C=O) groups excluding carboxylic acids is 1. The Labute approximate surface area is 292 Å². The standard InChI is InChI=1S/C33H56F3NO9SSi2/c1-31(2,3)48(9,10)45-22-13-14-23(26(17-22)46-49(11,12)32(4,5)6)24-15-20-16-25(24)27(21(18-41-7)19-43-47(37,39)40)29(28(20)42-8)44-30(38)33(34,35)36/h13-14,17,20-21,24-25,27-29H,15-16,18-19H2,1-12H3,(H2,37,39,40)/t20-,21+,24-,25-,27+,28+,29+/m0/s1. The highest BCUT2D eigenvalue weighted by molar-refractivity contribution is 7.84. The monoisotopic (exact) mass is 755 g/mol. The molecule has 0 amide bonds. The van der Waals surface area contributed by atoms with Crippen LogP contribution in [0.5, 0.6) is 11.5 Å². The van der Waals surface area contributed by atoms with Crippen LogP contribution in [-0.2, 0) is 33.5 Å². The molecule has 0 spiro atoms. The summed E-state index contributed by atoms with van der Waals surface area (Å²) in [5, 5.41) is 4.94. The van der Waals surface area contributed by atoms with E-state index in [9.17, 15) is 26.4 Å². The van der Waals surface area contributed by atoms with Gasteiger partial charge in [0.25, 0.3) is 0 Å². The van der Waals surface area contributed by atoms with Gasteiger partial charge in [-0.15, -0.1) is 0 Å². The Hall–Kier alpha value is -1.70. The summed E-state index contributed by atoms with van der Waals surface area (Å²) < 4.78 is 99.7. The second kappa shape index (κ2) is 14.7. The van der Waals surface area contributed by atoms with E-state index >= 15 is 0 Å². The van der Waals surface area contributed by atoms with E-state index in [1.54, 1.807) is 0 Å². The molecule has 0 heterocycles. The number of alkyl halides is 3. The van der Waals surface area contributed by atoms with Gasteiger partial charge in [-0.3, -0.25) is 4.18 Å². The first-order chi connectivity index (χ1) is 22.1. The van der Waals surface area contributed by atoms with Gasteiger partial charge >= 0.3 is 22.4 Å². The number of hydrogen-bond acceptors (Lipinski definition) is 9. The van der Waals surface area contributed by atoms with Crippen molar-refractivity contribution in [2.24, 2.45) is 28.8 Å². The van der Waals surface area contributed by atoms with Crippen LogP contribution >= 0.6 is 0 Å². The molecule has 2 fully saturated rings. The lowest BCUT2D eigenvalue weighted by Gasteiger charge is -2.45. The third-order valence-electron chi connectivity index (χ3n) is 11.2. The van der Waals surface area contributed by atoms with Crippen LogP contribution in [0.2, 0.25) is 36.3 Å². The SMILES string of the molecule is COC[C@H](COS(N)(=O)=O)[C@@H]1[C@H]2C[C@H](C[C@H]2c2ccc(O[Si](C)(C)C(C)(C)C)cc2O[Si](C)(C)C(C)(C)C)[C@@H](OC)[C@@H]1OC(=O)C(F)(F)F. The summed E-state index contributed by atoms with van der Waals surface area (Å²) in [5.74, 6) is -3.66. The number of nitrogens with two attached hydrogens (primary N) is 1. The van der Waals surface area contributed by atoms with Gasteiger partial charge in [-0.1, -0.05) is 47.6 Å². The van der Waals surface area contributed by atoms with Gasteiger partial charge in [-0.2, -0.15) is 21.6 Å². The summed E-state index contributed by atoms with van der Waals surface area (Å²) >= 11 is 0. The Morgan fingerprint density at radius 1 is 0.918 bits per heavy atom. The molecule has 0 aliphatic heterocycles. The van der Waals surface area contributed by atoms with Crippen LogP contribution in [0, 0.1) is 23.7 Å². The minimum absolute atomic E-state index is 0.0602. The Kier molecular flexibility index (Phi) is 12.5. The number of hydrogen-bond donors (Lipinski definition) is 1. The molecule has 0 saturated heterocycles. The van der Waals surface area contributed by atoms with Gasteiger partial charge in [0, 0.05) is 32.1 Å². The molecular formula is C33H56F3NO9SSi2. The maximum absolute atomic E-state index is 13.6. The van der Waals surface area contributed by atoms with Gasteiger partial charge in [0.1, 0.15) is 17.6 Å². The number of methoxy groups -OCH3 is 2. The molecule has 10 nitrogen and oxygen atoms in total. The van der Waals surface area contributed by atoms with Crippen LogP contribution in [0.1, 0.15) is 65.9 Å². The quantitative estimate of drug-likeness (QED) is 0.164. The van der Waals surface area contributed by atoms with Gasteiger partial charge in [-0.05, 0) is 78.5 Å². The van der Waals surface area contributed by atoms with E-state index in [-0.39, 0.29) is 34.4 Å². The molecule has 7 atom stereocenters. The van der Waals surface area contributed by atoms with Crippen molar-refractivity contribution in [3.63, 3.8) is 0 Å². The van der Waals surface area contributed by atoms with E-state index in [1.165, 1.54) is 14.2 Å². The maximum Gasteiger partial charge on any atom is 0.490 e. The van der Waals surface area contributed by atoms with Crippen molar-refractivity contribution >= 4 is 32.9 Å². The van der Waals surface area contributed by atoms with Crippen LogP contribution in [0.3, 0.4) is 0 Å². The average Bonchev–Trinajstić information content (AvgIpc) is 3.28. The van der Waals surface area contributed by atoms with E-state index in [0.29, 0.717) is 24.3 Å². The van der Waals surface area contributed by atoms with Crippen LogP contribution in [0.25, 0.3) is 0 Å². The molecule has 2 bridgehead atoms. The molecule has 1 aromatic carbocycles. The number of esters is 1. The number of carbonyl (C=O) groups is 1. The molecule has 0 radical (unpaired) electrons. The molecule has 49 heavy (non-hydrogen) atoms. The van der Waals surface area contributed by atoms with Crippen LogP contribution < -0.4 is 14.0 Å². The molecule has 3 rings (SSSR count). The van der Waals surface area contributed by atoms with Gasteiger partial charge in [0.15, 0.2) is 0 Å². The zero-order chi connectivity index (χ0) is 37.5. The van der Waals surface area contributed by atoms with Crippen LogP contribution in [-0.4, -0.2) is 76.8 Å². The van der Waals surface area contributed by atoms with E-state index in [1.807, 2.05) is 18.2 Å². The molecule has 0 aromatic heterocycles. The summed E-state index contributed by atoms with van der Waals surface area (Å²) in [6, 6.07) is 5.81. The lowest BCUT2D eigenvalue weighted by atomic mass is 9.67. The highest BCUT2D eigenvalue weighted by Crippen LogP contribution is 2.58. The van der Waals surface area contributed by atoms with Crippen molar-refractivity contribution in [3.05, 3.63) is 23.8 Å². The maximum atomic E-state index is 13.6. The van der Waals surface area contributed by atoms with Gasteiger partial charge in [0.05, 0.1) is 19.3 Å². The second-order valence-corrected chi connectivity index (χ2v) is 27.2. The molecule has 0 unspecified atom stereocenters. The minimum atomic E-state index is -5.25. The zero-order valence-electron chi connectivity index (χ0n) is 30.9. The Bertz CT molecular complexity index is 1430. The molecule has 2 aliphatic rings. The van der Waals surface area contributed by atoms with Gasteiger partial charge in [-0.25, -0.2) is 9.93 Å². The minimum Gasteiger partial charge on any atom is -0.543 e. The molecule has 2 N–H and O–H groups in total. The van der Waals surface area contributed by atoms with E-state index in [0.717, 1.165) is 5.56 Å². The number of fused-ring (bicyclic) bond motifs is 2. The van der Waals surface area contributed by atoms with Crippen molar-refractivity contribution in [3.8, 4) is 11.5 Å². The van der Waals surface area contributed by atoms with Crippen molar-refractivity contribution in [2.45, 2.75) is 115 Å². The van der Waals surface area contributed by atoms with Gasteiger partial charge < -0.3 is 23.1 Å². The molecule has 2 aliphatic carbocycles. The zero-order valence-corrected chi connectivity index (χ0v) is 33.7. The van der Waals surface area contributed by atoms with Crippen molar-refractivity contribution in [2.75, 3.05) is 27.4 Å². The summed E-state index contributed by atoms with van der Waals surface area (Å²) in [7, 11) is -6.32. The predicted molar refractivity (Wildman–Crippen MR) is 186 cm³/mol. The molecule has 282 valence electrons. The highest BCUT2D eigenvalue weighted by atomic mass is 32.2. The van der Waals surface area contributed by atoms with Crippen molar-refractivity contribution in [1.29, 1.82) is 0 Å². The van der Waals surface area contributed by atoms with Crippen molar-refractivity contribution < 1.29 is 53.6 Å². The largest absolute Gasteiger partial charge is 0.543 e. The fraction of sp³-hybridized carbons (Fsp3) is 0.788. The third-order valence-corrected chi connectivity index (χ3v) is 20.3. The van der Waals surface area contributed by atoms with E-state index < -0.39 is 69.7 Å². The van der Waals surface area contributed by atoms with Crippen molar-refractivity contribution in [1.82, 2.24) is 0 Å². The smallest absolute Gasteiger partial charge is 0.490 e. The summed E-state index contributed by atoms with van der Waals surface area (Å²) in [6.07, 6.45) is -6.51. The number of rotatable bonds is 13. The van der Waals surface area contributed by atoms with Gasteiger partial charge in [0.2, 0.25) is 16.6 Å². The Morgan fingerprint density at radius 2 is 1.49 bits per heavy atom. The molecule has 1 aromatic rings. The lowest BCUT2D eigenvalue weighted by molar-refractivity contribution is -0.222.